The second kappa shape index (κ2) is 2.68. The first-order chi connectivity index (χ1) is 8.10. The number of amides is 2. The van der Waals surface area contributed by atoms with E-state index >= 15 is 0 Å². The predicted octanol–water partition coefficient (Wildman–Crippen LogP) is 0.666. The van der Waals surface area contributed by atoms with Gasteiger partial charge in [0.05, 0.1) is 0 Å². The second-order valence-electron chi connectivity index (χ2n) is 6.28. The van der Waals surface area contributed by atoms with Crippen LogP contribution in [0.4, 0.5) is 0 Å². The third-order valence-corrected chi connectivity index (χ3v) is 5.75. The molecule has 0 aromatic rings. The molecule has 2 bridgehead atoms. The SMILES string of the molecule is C[C@]12NC(=O)[C@@]3(CCCN3C1=O)[C@H]1CCC[C@H]12. The zero-order valence-electron chi connectivity index (χ0n) is 10.2. The van der Waals surface area contributed by atoms with E-state index in [1.54, 1.807) is 0 Å². The molecule has 4 heterocycles. The van der Waals surface area contributed by atoms with E-state index in [0.717, 1.165) is 32.2 Å². The largest absolute Gasteiger partial charge is 0.340 e. The van der Waals surface area contributed by atoms with Crippen molar-refractivity contribution < 1.29 is 9.59 Å². The fourth-order valence-corrected chi connectivity index (χ4v) is 5.07. The van der Waals surface area contributed by atoms with Crippen molar-refractivity contribution in [1.82, 2.24) is 10.2 Å². The maximum atomic E-state index is 12.6. The van der Waals surface area contributed by atoms with E-state index in [4.69, 9.17) is 0 Å². The molecule has 4 heteroatoms. The summed E-state index contributed by atoms with van der Waals surface area (Å²) in [4.78, 5) is 26.9. The molecule has 4 nitrogen and oxygen atoms in total. The van der Waals surface area contributed by atoms with Gasteiger partial charge in [-0.2, -0.15) is 0 Å². The molecule has 2 amide bonds. The highest BCUT2D eigenvalue weighted by atomic mass is 16.2. The molecule has 17 heavy (non-hydrogen) atoms. The van der Waals surface area contributed by atoms with E-state index in [1.165, 1.54) is 6.42 Å². The van der Waals surface area contributed by atoms with Gasteiger partial charge in [0.25, 0.3) is 0 Å². The lowest BCUT2D eigenvalue weighted by Gasteiger charge is -2.60. The molecule has 92 valence electrons. The number of piperidine rings is 2. The Morgan fingerprint density at radius 3 is 2.82 bits per heavy atom. The molecular formula is C13H18N2O2. The van der Waals surface area contributed by atoms with E-state index in [2.05, 4.69) is 5.32 Å². The van der Waals surface area contributed by atoms with Gasteiger partial charge in [-0.3, -0.25) is 9.59 Å². The highest BCUT2D eigenvalue weighted by Crippen LogP contribution is 2.58. The first-order valence-corrected chi connectivity index (χ1v) is 6.75. The van der Waals surface area contributed by atoms with Gasteiger partial charge in [-0.25, -0.2) is 0 Å². The average molecular weight is 234 g/mol. The Morgan fingerprint density at radius 1 is 1.24 bits per heavy atom. The summed E-state index contributed by atoms with van der Waals surface area (Å²) in [6, 6.07) is 0. The van der Waals surface area contributed by atoms with Crippen molar-refractivity contribution in [2.45, 2.75) is 50.1 Å². The van der Waals surface area contributed by atoms with Crippen molar-refractivity contribution in [2.75, 3.05) is 6.54 Å². The van der Waals surface area contributed by atoms with Crippen LogP contribution in [-0.2, 0) is 9.59 Å². The summed E-state index contributed by atoms with van der Waals surface area (Å²) >= 11 is 0. The molecule has 1 spiro atoms. The number of hydrogen-bond donors (Lipinski definition) is 1. The Labute approximate surface area is 101 Å². The monoisotopic (exact) mass is 234 g/mol. The van der Waals surface area contributed by atoms with E-state index in [-0.39, 0.29) is 11.8 Å². The summed E-state index contributed by atoms with van der Waals surface area (Å²) in [7, 11) is 0. The van der Waals surface area contributed by atoms with Gasteiger partial charge >= 0.3 is 0 Å². The second-order valence-corrected chi connectivity index (χ2v) is 6.28. The standard InChI is InChI=1S/C13H18N2O2/c1-12-8-4-2-5-9(8)13(10(16)14-12)6-3-7-15(13)11(12)17/h8-9H,2-7H2,1H3,(H,14,16)/t8-,9+,12-,13-/m1/s1. The number of carbonyl (C=O) groups is 2. The Bertz CT molecular complexity index is 435. The average Bonchev–Trinajstić information content (AvgIpc) is 2.91. The van der Waals surface area contributed by atoms with Gasteiger partial charge in [0.2, 0.25) is 11.8 Å². The molecule has 1 saturated carbocycles. The number of nitrogens with zero attached hydrogens (tertiary/aromatic N) is 1. The lowest BCUT2D eigenvalue weighted by atomic mass is 9.60. The van der Waals surface area contributed by atoms with E-state index in [9.17, 15) is 9.59 Å². The zero-order valence-corrected chi connectivity index (χ0v) is 10.2. The fraction of sp³-hybridized carbons (Fsp3) is 0.846. The maximum Gasteiger partial charge on any atom is 0.249 e. The lowest BCUT2D eigenvalue weighted by molar-refractivity contribution is -0.180. The number of piperazine rings is 1. The summed E-state index contributed by atoms with van der Waals surface area (Å²) in [5.74, 6) is 1.10. The molecule has 1 N–H and O–H groups in total. The van der Waals surface area contributed by atoms with Crippen LogP contribution in [0.25, 0.3) is 0 Å². The van der Waals surface area contributed by atoms with Crippen molar-refractivity contribution in [3.63, 3.8) is 0 Å². The van der Waals surface area contributed by atoms with Crippen molar-refractivity contribution in [2.24, 2.45) is 11.8 Å². The molecule has 5 aliphatic rings. The van der Waals surface area contributed by atoms with Gasteiger partial charge in [0.15, 0.2) is 0 Å². The number of carbonyl (C=O) groups excluding carboxylic acids is 2. The van der Waals surface area contributed by atoms with Crippen LogP contribution in [0, 0.1) is 11.8 Å². The molecule has 4 saturated heterocycles. The lowest BCUT2D eigenvalue weighted by Crippen LogP contribution is -2.83. The fourth-order valence-electron chi connectivity index (χ4n) is 5.07. The summed E-state index contributed by atoms with van der Waals surface area (Å²) in [5.41, 5.74) is -1.07. The van der Waals surface area contributed by atoms with Crippen LogP contribution in [-0.4, -0.2) is 34.3 Å². The summed E-state index contributed by atoms with van der Waals surface area (Å²) in [5, 5.41) is 3.05. The molecule has 0 aromatic carbocycles. The maximum absolute atomic E-state index is 12.6. The highest BCUT2D eigenvalue weighted by molar-refractivity contribution is 6.05. The Hall–Kier alpha value is -1.06. The molecular weight excluding hydrogens is 216 g/mol. The summed E-state index contributed by atoms with van der Waals surface area (Å²) < 4.78 is 0. The van der Waals surface area contributed by atoms with E-state index in [1.807, 2.05) is 11.8 Å². The molecule has 1 aliphatic carbocycles. The van der Waals surface area contributed by atoms with E-state index < -0.39 is 11.1 Å². The third kappa shape index (κ3) is 0.829. The van der Waals surface area contributed by atoms with Gasteiger partial charge in [0.1, 0.15) is 11.1 Å². The normalized spacial score (nSPS) is 51.5. The predicted molar refractivity (Wildman–Crippen MR) is 61.1 cm³/mol. The molecule has 0 unspecified atom stereocenters. The van der Waals surface area contributed by atoms with Crippen molar-refractivity contribution in [1.29, 1.82) is 0 Å². The first-order valence-electron chi connectivity index (χ1n) is 6.75. The molecule has 0 aromatic heterocycles. The Kier molecular flexibility index (Phi) is 1.56. The quantitative estimate of drug-likeness (QED) is 0.669. The van der Waals surface area contributed by atoms with Crippen LogP contribution in [0.3, 0.4) is 0 Å². The highest BCUT2D eigenvalue weighted by Gasteiger charge is 2.72. The minimum atomic E-state index is -0.607. The van der Waals surface area contributed by atoms with Crippen LogP contribution in [0.2, 0.25) is 0 Å². The van der Waals surface area contributed by atoms with E-state index in [0.29, 0.717) is 11.8 Å². The van der Waals surface area contributed by atoms with Gasteiger partial charge in [-0.15, -0.1) is 0 Å². The molecule has 4 atom stereocenters. The van der Waals surface area contributed by atoms with Crippen LogP contribution < -0.4 is 5.32 Å². The molecule has 0 radical (unpaired) electrons. The molecule has 5 fully saturated rings. The van der Waals surface area contributed by atoms with Gasteiger partial charge in [-0.05, 0) is 44.4 Å². The van der Waals surface area contributed by atoms with Gasteiger partial charge in [0, 0.05) is 6.54 Å². The van der Waals surface area contributed by atoms with Crippen LogP contribution in [0.15, 0.2) is 0 Å². The smallest absolute Gasteiger partial charge is 0.249 e. The molecule has 4 aliphatic heterocycles. The van der Waals surface area contributed by atoms with Gasteiger partial charge < -0.3 is 10.2 Å². The minimum Gasteiger partial charge on any atom is -0.340 e. The van der Waals surface area contributed by atoms with Crippen LogP contribution in [0.1, 0.15) is 39.0 Å². The Morgan fingerprint density at radius 2 is 2.00 bits per heavy atom. The third-order valence-electron chi connectivity index (χ3n) is 5.75. The topological polar surface area (TPSA) is 49.4 Å². The van der Waals surface area contributed by atoms with Crippen molar-refractivity contribution in [3.05, 3.63) is 0 Å². The number of rotatable bonds is 0. The number of nitrogens with one attached hydrogen (secondary N) is 1. The van der Waals surface area contributed by atoms with Crippen LogP contribution in [0.5, 0.6) is 0 Å². The zero-order chi connectivity index (χ0) is 11.8. The first kappa shape index (κ1) is 9.92. The number of fused-ring (bicyclic) bond motifs is 1. The summed E-state index contributed by atoms with van der Waals surface area (Å²) in [6.45, 7) is 2.72. The minimum absolute atomic E-state index is 0.125. The van der Waals surface area contributed by atoms with Crippen molar-refractivity contribution >= 4 is 11.8 Å². The summed E-state index contributed by atoms with van der Waals surface area (Å²) in [6.07, 6.45) is 5.25. The van der Waals surface area contributed by atoms with Crippen molar-refractivity contribution in [3.8, 4) is 0 Å². The molecule has 5 rings (SSSR count). The van der Waals surface area contributed by atoms with Gasteiger partial charge in [-0.1, -0.05) is 6.42 Å². The van der Waals surface area contributed by atoms with Crippen LogP contribution >= 0.6 is 0 Å². The Balaban J connectivity index is 1.95. The number of hydrogen-bond acceptors (Lipinski definition) is 2.